The Morgan fingerprint density at radius 3 is 2.67 bits per heavy atom. The lowest BCUT2D eigenvalue weighted by Gasteiger charge is -2.55. The summed E-state index contributed by atoms with van der Waals surface area (Å²) in [7, 11) is 0. The molecule has 1 fully saturated rings. The summed E-state index contributed by atoms with van der Waals surface area (Å²) in [5.74, 6) is 0. The molecule has 0 amide bonds. The largest absolute Gasteiger partial charge is 0.392 e. The fourth-order valence-corrected chi connectivity index (χ4v) is 4.38. The van der Waals surface area contributed by atoms with Crippen LogP contribution in [0.2, 0.25) is 0 Å². The molecule has 2 aliphatic carbocycles. The lowest BCUT2D eigenvalue weighted by molar-refractivity contribution is 0.0288. The van der Waals surface area contributed by atoms with Gasteiger partial charge in [-0.25, -0.2) is 0 Å². The molecule has 0 aromatic carbocycles. The van der Waals surface area contributed by atoms with Crippen LogP contribution in [0.25, 0.3) is 0 Å². The molecular weight excluding hydrogens is 356 g/mol. The summed E-state index contributed by atoms with van der Waals surface area (Å²) in [6, 6.07) is 0. The van der Waals surface area contributed by atoms with Gasteiger partial charge in [0.2, 0.25) is 0 Å². The van der Waals surface area contributed by atoms with E-state index < -0.39 is 0 Å². The highest BCUT2D eigenvalue weighted by molar-refractivity contribution is 9.11. The molecule has 0 aromatic rings. The topological polar surface area (TPSA) is 20.2 Å². The normalized spacial score (nSPS) is 41.6. The van der Waals surface area contributed by atoms with Gasteiger partial charge in [-0.1, -0.05) is 70.0 Å². The van der Waals surface area contributed by atoms with Gasteiger partial charge in [0.05, 0.1) is 6.10 Å². The van der Waals surface area contributed by atoms with Crippen molar-refractivity contribution in [2.45, 2.75) is 44.0 Å². The Hall–Kier alpha value is 0.140. The minimum Gasteiger partial charge on any atom is -0.392 e. The zero-order chi connectivity index (χ0) is 13.6. The summed E-state index contributed by atoms with van der Waals surface area (Å²) in [5.41, 5.74) is 2.46. The highest BCUT2D eigenvalue weighted by Crippen LogP contribution is 2.60. The third-order valence-corrected chi connectivity index (χ3v) is 7.14. The van der Waals surface area contributed by atoms with Gasteiger partial charge in [-0.2, -0.15) is 0 Å². The van der Waals surface area contributed by atoms with Gasteiger partial charge in [-0.3, -0.25) is 0 Å². The number of hydrogen-bond acceptors (Lipinski definition) is 1. The smallest absolute Gasteiger partial charge is 0.0708 e. The molecule has 1 spiro atoms. The number of hydrogen-bond donors (Lipinski definition) is 1. The average molecular weight is 376 g/mol. The predicted molar refractivity (Wildman–Crippen MR) is 84.1 cm³/mol. The van der Waals surface area contributed by atoms with Crippen molar-refractivity contribution in [2.75, 3.05) is 0 Å². The van der Waals surface area contributed by atoms with E-state index in [0.29, 0.717) is 6.42 Å². The Labute approximate surface area is 126 Å². The molecule has 0 saturated heterocycles. The van der Waals surface area contributed by atoms with Gasteiger partial charge in [-0.05, 0) is 35.2 Å². The van der Waals surface area contributed by atoms with Gasteiger partial charge in [-0.15, -0.1) is 0 Å². The van der Waals surface area contributed by atoms with E-state index in [1.54, 1.807) is 0 Å². The number of allylic oxidation sites excluding steroid dienone is 3. The number of alkyl halides is 1. The Balaban J connectivity index is 2.45. The summed E-state index contributed by atoms with van der Waals surface area (Å²) in [6.07, 6.45) is 6.98. The molecule has 3 atom stereocenters. The van der Waals surface area contributed by atoms with E-state index in [1.165, 1.54) is 11.1 Å². The standard InChI is InChI=1S/C15H20Br2O/c1-10-8-12(18)13(17)14(2,3)15(10)6-4-11(9-16)5-7-15/h4,6,9,12-13,18H,1,5,7-8H2,2-3H3/b11-9+. The molecule has 0 aliphatic heterocycles. The zero-order valence-electron chi connectivity index (χ0n) is 10.9. The number of rotatable bonds is 0. The average Bonchev–Trinajstić information content (AvgIpc) is 2.35. The number of halogens is 2. The van der Waals surface area contributed by atoms with Crippen LogP contribution in [0.5, 0.6) is 0 Å². The first-order valence-corrected chi connectivity index (χ1v) is 8.17. The van der Waals surface area contributed by atoms with Gasteiger partial charge >= 0.3 is 0 Å². The lowest BCUT2D eigenvalue weighted by Crippen LogP contribution is -2.53. The molecule has 1 saturated carbocycles. The fourth-order valence-electron chi connectivity index (χ4n) is 3.40. The quantitative estimate of drug-likeness (QED) is 0.480. The van der Waals surface area contributed by atoms with Crippen LogP contribution in [0.4, 0.5) is 0 Å². The van der Waals surface area contributed by atoms with E-state index in [9.17, 15) is 5.11 Å². The maximum Gasteiger partial charge on any atom is 0.0708 e. The summed E-state index contributed by atoms with van der Waals surface area (Å²) in [4.78, 5) is 2.10. The van der Waals surface area contributed by atoms with Crippen LogP contribution in [-0.4, -0.2) is 16.0 Å². The van der Waals surface area contributed by atoms with Crippen LogP contribution in [0.1, 0.15) is 33.1 Å². The van der Waals surface area contributed by atoms with E-state index in [-0.39, 0.29) is 21.8 Å². The summed E-state index contributed by atoms with van der Waals surface area (Å²) in [6.45, 7) is 8.72. The third kappa shape index (κ3) is 1.99. The second kappa shape index (κ2) is 4.92. The van der Waals surface area contributed by atoms with Gasteiger partial charge in [0.1, 0.15) is 0 Å². The molecule has 2 aliphatic rings. The van der Waals surface area contributed by atoms with Crippen molar-refractivity contribution in [3.05, 3.63) is 34.9 Å². The monoisotopic (exact) mass is 374 g/mol. The van der Waals surface area contributed by atoms with Gasteiger partial charge in [0, 0.05) is 10.2 Å². The van der Waals surface area contributed by atoms with E-state index in [2.05, 4.69) is 64.4 Å². The van der Waals surface area contributed by atoms with Crippen molar-refractivity contribution in [1.82, 2.24) is 0 Å². The van der Waals surface area contributed by atoms with Crippen LogP contribution >= 0.6 is 31.9 Å². The third-order valence-electron chi connectivity index (χ3n) is 4.79. The van der Waals surface area contributed by atoms with Crippen molar-refractivity contribution in [2.24, 2.45) is 10.8 Å². The first-order chi connectivity index (χ1) is 8.35. The van der Waals surface area contributed by atoms with Crippen molar-refractivity contribution in [1.29, 1.82) is 0 Å². The second-order valence-electron chi connectivity index (χ2n) is 5.99. The minimum atomic E-state index is -0.334. The minimum absolute atomic E-state index is 0.0000926. The molecule has 0 radical (unpaired) electrons. The van der Waals surface area contributed by atoms with Crippen molar-refractivity contribution in [3.8, 4) is 0 Å². The maximum atomic E-state index is 10.1. The Bertz CT molecular complexity index is 422. The van der Waals surface area contributed by atoms with Crippen molar-refractivity contribution in [3.63, 3.8) is 0 Å². The van der Waals surface area contributed by atoms with Crippen molar-refractivity contribution >= 4 is 31.9 Å². The van der Waals surface area contributed by atoms with E-state index in [1.807, 2.05) is 4.99 Å². The molecule has 1 N–H and O–H groups in total. The molecule has 0 heterocycles. The summed E-state index contributed by atoms with van der Waals surface area (Å²) >= 11 is 7.10. The zero-order valence-corrected chi connectivity index (χ0v) is 14.1. The van der Waals surface area contributed by atoms with E-state index >= 15 is 0 Å². The molecule has 100 valence electrons. The van der Waals surface area contributed by atoms with Crippen LogP contribution in [0.3, 0.4) is 0 Å². The van der Waals surface area contributed by atoms with Crippen LogP contribution in [0, 0.1) is 10.8 Å². The van der Waals surface area contributed by atoms with E-state index in [4.69, 9.17) is 0 Å². The first-order valence-electron chi connectivity index (χ1n) is 6.34. The Morgan fingerprint density at radius 1 is 1.50 bits per heavy atom. The second-order valence-corrected chi connectivity index (χ2v) is 7.43. The molecule has 2 rings (SSSR count). The Morgan fingerprint density at radius 2 is 2.17 bits per heavy atom. The van der Waals surface area contributed by atoms with Crippen LogP contribution < -0.4 is 0 Å². The molecular formula is C15H20Br2O. The van der Waals surface area contributed by atoms with Crippen LogP contribution in [0.15, 0.2) is 34.9 Å². The lowest BCUT2D eigenvalue weighted by atomic mass is 9.52. The summed E-state index contributed by atoms with van der Waals surface area (Å²) in [5, 5.41) is 10.1. The van der Waals surface area contributed by atoms with E-state index in [0.717, 1.165) is 12.8 Å². The molecule has 18 heavy (non-hydrogen) atoms. The molecule has 0 aromatic heterocycles. The molecule has 3 heteroatoms. The molecule has 1 nitrogen and oxygen atoms in total. The van der Waals surface area contributed by atoms with Gasteiger partial charge in [0.25, 0.3) is 0 Å². The number of aliphatic hydroxyl groups excluding tert-OH is 1. The highest BCUT2D eigenvalue weighted by atomic mass is 79.9. The molecule has 0 bridgehead atoms. The highest BCUT2D eigenvalue weighted by Gasteiger charge is 2.54. The van der Waals surface area contributed by atoms with Gasteiger partial charge in [0.15, 0.2) is 0 Å². The van der Waals surface area contributed by atoms with Crippen molar-refractivity contribution < 1.29 is 5.11 Å². The number of aliphatic hydroxyl groups is 1. The Kier molecular flexibility index (Phi) is 3.97. The van der Waals surface area contributed by atoms with Crippen LogP contribution in [-0.2, 0) is 0 Å². The predicted octanol–water partition coefficient (Wildman–Crippen LogP) is 4.71. The first kappa shape index (κ1) is 14.5. The van der Waals surface area contributed by atoms with Gasteiger partial charge < -0.3 is 5.11 Å². The maximum absolute atomic E-state index is 10.1. The fraction of sp³-hybridized carbons (Fsp3) is 0.600. The molecule has 3 unspecified atom stereocenters. The SMILES string of the molecule is C=C1CC(O)C(Br)C(C)(C)C12C=C/C(=C\Br)CC2. The summed E-state index contributed by atoms with van der Waals surface area (Å²) < 4.78 is 0.